The first kappa shape index (κ1) is 14.1. The molecule has 1 aliphatic heterocycles. The van der Waals surface area contributed by atoms with Gasteiger partial charge in [-0.2, -0.15) is 0 Å². The first-order chi connectivity index (χ1) is 9.60. The highest BCUT2D eigenvalue weighted by atomic mass is 16.4. The maximum Gasteiger partial charge on any atom is 0.314 e. The Morgan fingerprint density at radius 1 is 1.20 bits per heavy atom. The number of hydrogen-bond acceptors (Lipinski definition) is 2. The first-order valence-corrected chi connectivity index (χ1v) is 6.61. The number of aliphatic carboxylic acids is 1. The molecule has 1 heterocycles. The largest absolute Gasteiger partial charge is 0.481 e. The molecule has 0 radical (unpaired) electrons. The van der Waals surface area contributed by atoms with Crippen molar-refractivity contribution in [3.8, 4) is 11.8 Å². The number of nitrogens with zero attached hydrogens (tertiary/aromatic N) is 1. The summed E-state index contributed by atoms with van der Waals surface area (Å²) in [5.41, 5.74) is -0.0845. The van der Waals surface area contributed by atoms with Gasteiger partial charge in [-0.05, 0) is 31.2 Å². The predicted octanol–water partition coefficient (Wildman–Crippen LogP) is 1.65. The molecule has 0 aromatic heterocycles. The van der Waals surface area contributed by atoms with Crippen LogP contribution in [-0.2, 0) is 15.0 Å². The molecule has 1 aromatic rings. The third-order valence-corrected chi connectivity index (χ3v) is 3.87. The lowest BCUT2D eigenvalue weighted by Gasteiger charge is -2.38. The number of rotatable bonds is 2. The number of carboxylic acid groups (broad SMARTS) is 1. The van der Waals surface area contributed by atoms with Crippen molar-refractivity contribution in [1.29, 1.82) is 0 Å². The van der Waals surface area contributed by atoms with Crippen LogP contribution in [0.3, 0.4) is 0 Å². The van der Waals surface area contributed by atoms with Gasteiger partial charge in [0.1, 0.15) is 0 Å². The number of piperidine rings is 1. The fourth-order valence-corrected chi connectivity index (χ4v) is 2.66. The summed E-state index contributed by atoms with van der Waals surface area (Å²) in [6.07, 6.45) is 0.840. The van der Waals surface area contributed by atoms with Crippen molar-refractivity contribution in [3.05, 3.63) is 35.9 Å². The van der Waals surface area contributed by atoms with E-state index in [2.05, 4.69) is 11.8 Å². The second-order valence-electron chi connectivity index (χ2n) is 4.92. The fourth-order valence-electron chi connectivity index (χ4n) is 2.66. The quantitative estimate of drug-likeness (QED) is 0.832. The van der Waals surface area contributed by atoms with Gasteiger partial charge >= 0.3 is 5.97 Å². The molecule has 0 spiro atoms. The fraction of sp³-hybridized carbons (Fsp3) is 0.375. The lowest BCUT2D eigenvalue weighted by molar-refractivity contribution is -0.147. The topological polar surface area (TPSA) is 57.6 Å². The minimum absolute atomic E-state index is 0.223. The molecule has 0 atom stereocenters. The molecule has 1 aromatic carbocycles. The van der Waals surface area contributed by atoms with Gasteiger partial charge in [0.15, 0.2) is 0 Å². The van der Waals surface area contributed by atoms with Gasteiger partial charge < -0.3 is 10.0 Å². The number of hydrogen-bond donors (Lipinski definition) is 1. The summed E-state index contributed by atoms with van der Waals surface area (Å²) in [7, 11) is 0. The average Bonchev–Trinajstić information content (AvgIpc) is 2.48. The molecule has 0 saturated carbocycles. The summed E-state index contributed by atoms with van der Waals surface area (Å²) >= 11 is 0. The van der Waals surface area contributed by atoms with E-state index in [0.717, 1.165) is 5.56 Å². The molecule has 4 heteroatoms. The Morgan fingerprint density at radius 3 is 2.30 bits per heavy atom. The molecule has 4 nitrogen and oxygen atoms in total. The molecule has 20 heavy (non-hydrogen) atoms. The van der Waals surface area contributed by atoms with Crippen LogP contribution in [0.1, 0.15) is 25.3 Å². The van der Waals surface area contributed by atoms with E-state index in [0.29, 0.717) is 25.9 Å². The standard InChI is InChI=1S/C16H17NO3/c1-2-6-14(18)17-11-9-16(10-12-17,15(19)20)13-7-4-3-5-8-13/h3-5,7-8H,9-12H2,1H3,(H,19,20). The van der Waals surface area contributed by atoms with Crippen molar-refractivity contribution in [2.24, 2.45) is 0 Å². The van der Waals surface area contributed by atoms with E-state index in [9.17, 15) is 14.7 Å². The number of carbonyl (C=O) groups is 2. The van der Waals surface area contributed by atoms with Crippen LogP contribution < -0.4 is 0 Å². The summed E-state index contributed by atoms with van der Waals surface area (Å²) < 4.78 is 0. The monoisotopic (exact) mass is 271 g/mol. The maximum absolute atomic E-state index is 11.7. The molecule has 0 aliphatic carbocycles. The van der Waals surface area contributed by atoms with E-state index in [4.69, 9.17) is 0 Å². The Balaban J connectivity index is 2.21. The van der Waals surface area contributed by atoms with Crippen molar-refractivity contribution >= 4 is 11.9 Å². The van der Waals surface area contributed by atoms with Gasteiger partial charge in [-0.25, -0.2) is 0 Å². The highest BCUT2D eigenvalue weighted by Gasteiger charge is 2.43. The lowest BCUT2D eigenvalue weighted by atomic mass is 9.73. The van der Waals surface area contributed by atoms with E-state index < -0.39 is 11.4 Å². The lowest BCUT2D eigenvalue weighted by Crippen LogP contribution is -2.48. The van der Waals surface area contributed by atoms with Crippen LogP contribution in [-0.4, -0.2) is 35.0 Å². The Kier molecular flexibility index (Phi) is 4.09. The van der Waals surface area contributed by atoms with Crippen LogP contribution >= 0.6 is 0 Å². The van der Waals surface area contributed by atoms with Gasteiger partial charge in [0.25, 0.3) is 5.91 Å². The second-order valence-corrected chi connectivity index (χ2v) is 4.92. The van der Waals surface area contributed by atoms with E-state index in [1.165, 1.54) is 0 Å². The zero-order valence-electron chi connectivity index (χ0n) is 11.4. The third kappa shape index (κ3) is 2.53. The molecule has 1 aliphatic rings. The van der Waals surface area contributed by atoms with E-state index >= 15 is 0 Å². The Morgan fingerprint density at radius 2 is 1.80 bits per heavy atom. The minimum atomic E-state index is -0.891. The van der Waals surface area contributed by atoms with E-state index in [-0.39, 0.29) is 5.91 Å². The number of amides is 1. The number of benzene rings is 1. The first-order valence-electron chi connectivity index (χ1n) is 6.61. The Labute approximate surface area is 118 Å². The Hall–Kier alpha value is -2.28. The maximum atomic E-state index is 11.7. The molecule has 1 saturated heterocycles. The summed E-state index contributed by atoms with van der Waals surface area (Å²) in [5, 5.41) is 9.64. The van der Waals surface area contributed by atoms with E-state index in [1.807, 2.05) is 30.3 Å². The van der Waals surface area contributed by atoms with Crippen LogP contribution in [0.2, 0.25) is 0 Å². The highest BCUT2D eigenvalue weighted by Crippen LogP contribution is 2.35. The molecule has 0 unspecified atom stereocenters. The van der Waals surface area contributed by atoms with Crippen molar-refractivity contribution in [2.45, 2.75) is 25.2 Å². The van der Waals surface area contributed by atoms with Gasteiger partial charge in [0.2, 0.25) is 0 Å². The molecular weight excluding hydrogens is 254 g/mol. The summed E-state index contributed by atoms with van der Waals surface area (Å²) in [4.78, 5) is 25.1. The molecule has 1 fully saturated rings. The van der Waals surface area contributed by atoms with Crippen molar-refractivity contribution < 1.29 is 14.7 Å². The van der Waals surface area contributed by atoms with E-state index in [1.54, 1.807) is 11.8 Å². The zero-order chi connectivity index (χ0) is 14.6. The summed E-state index contributed by atoms with van der Waals surface area (Å²) in [6.45, 7) is 2.47. The third-order valence-electron chi connectivity index (χ3n) is 3.87. The van der Waals surface area contributed by atoms with Gasteiger partial charge in [0, 0.05) is 13.1 Å². The SMILES string of the molecule is CC#CC(=O)N1CCC(C(=O)O)(c2ccccc2)CC1. The highest BCUT2D eigenvalue weighted by molar-refractivity contribution is 5.93. The van der Waals surface area contributed by atoms with Gasteiger partial charge in [-0.1, -0.05) is 36.3 Å². The second kappa shape index (κ2) is 5.79. The summed E-state index contributed by atoms with van der Waals surface area (Å²) in [6, 6.07) is 9.25. The van der Waals surface area contributed by atoms with Gasteiger partial charge in [-0.15, -0.1) is 0 Å². The molecule has 2 rings (SSSR count). The van der Waals surface area contributed by atoms with Crippen molar-refractivity contribution in [2.75, 3.05) is 13.1 Å². The average molecular weight is 271 g/mol. The zero-order valence-corrected chi connectivity index (χ0v) is 11.4. The van der Waals surface area contributed by atoms with Gasteiger partial charge in [-0.3, -0.25) is 9.59 Å². The van der Waals surface area contributed by atoms with Crippen LogP contribution in [0.5, 0.6) is 0 Å². The van der Waals surface area contributed by atoms with Gasteiger partial charge in [0.05, 0.1) is 5.41 Å². The summed E-state index contributed by atoms with van der Waals surface area (Å²) in [5.74, 6) is 4.04. The number of carbonyl (C=O) groups excluding carboxylic acids is 1. The molecule has 0 bridgehead atoms. The molecular formula is C16H17NO3. The smallest absolute Gasteiger partial charge is 0.314 e. The Bertz CT molecular complexity index is 560. The number of carboxylic acids is 1. The predicted molar refractivity (Wildman–Crippen MR) is 75.0 cm³/mol. The van der Waals surface area contributed by atoms with Crippen molar-refractivity contribution in [3.63, 3.8) is 0 Å². The van der Waals surface area contributed by atoms with Crippen LogP contribution in [0.25, 0.3) is 0 Å². The van der Waals surface area contributed by atoms with Crippen LogP contribution in [0.15, 0.2) is 30.3 Å². The molecule has 1 N–H and O–H groups in total. The van der Waals surface area contributed by atoms with Crippen molar-refractivity contribution in [1.82, 2.24) is 4.90 Å². The number of likely N-dealkylation sites (tertiary alicyclic amines) is 1. The molecule has 104 valence electrons. The normalized spacial score (nSPS) is 16.9. The van der Waals surface area contributed by atoms with Crippen LogP contribution in [0.4, 0.5) is 0 Å². The minimum Gasteiger partial charge on any atom is -0.481 e. The molecule has 1 amide bonds. The van der Waals surface area contributed by atoms with Crippen LogP contribution in [0, 0.1) is 11.8 Å².